The molecule has 0 bridgehead atoms. The molecule has 0 atom stereocenters. The van der Waals surface area contributed by atoms with Crippen LogP contribution in [0.15, 0.2) is 42.5 Å². The second-order valence-electron chi connectivity index (χ2n) is 5.52. The van der Waals surface area contributed by atoms with Crippen molar-refractivity contribution in [1.82, 2.24) is 5.32 Å². The van der Waals surface area contributed by atoms with E-state index in [9.17, 15) is 4.79 Å². The highest BCUT2D eigenvalue weighted by molar-refractivity contribution is 5.94. The highest BCUT2D eigenvalue weighted by Gasteiger charge is 2.08. The molecule has 0 aliphatic carbocycles. The molecule has 0 spiro atoms. The number of nitrogens with one attached hydrogen (secondary N) is 1. The zero-order valence-corrected chi connectivity index (χ0v) is 14.6. The standard InChI is InChI=1S/C20H25NO3/c1-4-16-6-9-18(10-7-16)24-13-12-21-20(22)17-8-11-19(23-5-2)15(3)14-17/h6-11,14H,4-5,12-13H2,1-3H3,(H,21,22). The van der Waals surface area contributed by atoms with Crippen molar-refractivity contribution < 1.29 is 14.3 Å². The molecule has 0 heterocycles. The number of amides is 1. The number of ether oxygens (including phenoxy) is 2. The van der Waals surface area contributed by atoms with Crippen molar-refractivity contribution in [3.05, 3.63) is 59.2 Å². The molecule has 2 aromatic carbocycles. The van der Waals surface area contributed by atoms with Gasteiger partial charge < -0.3 is 14.8 Å². The molecule has 1 N–H and O–H groups in total. The Balaban J connectivity index is 1.79. The molecule has 0 saturated carbocycles. The Morgan fingerprint density at radius 3 is 2.42 bits per heavy atom. The lowest BCUT2D eigenvalue weighted by molar-refractivity contribution is 0.0947. The third-order valence-electron chi connectivity index (χ3n) is 3.72. The molecule has 2 aromatic rings. The maximum Gasteiger partial charge on any atom is 0.251 e. The molecule has 0 radical (unpaired) electrons. The van der Waals surface area contributed by atoms with Gasteiger partial charge in [0.2, 0.25) is 0 Å². The lowest BCUT2D eigenvalue weighted by atomic mass is 10.1. The molecular formula is C20H25NO3. The van der Waals surface area contributed by atoms with Crippen molar-refractivity contribution >= 4 is 5.91 Å². The van der Waals surface area contributed by atoms with Crippen LogP contribution in [0.2, 0.25) is 0 Å². The maximum atomic E-state index is 12.2. The summed E-state index contributed by atoms with van der Waals surface area (Å²) >= 11 is 0. The summed E-state index contributed by atoms with van der Waals surface area (Å²) in [5.74, 6) is 1.53. The van der Waals surface area contributed by atoms with Gasteiger partial charge in [0.25, 0.3) is 5.91 Å². The van der Waals surface area contributed by atoms with E-state index in [0.717, 1.165) is 23.5 Å². The van der Waals surface area contributed by atoms with Crippen molar-refractivity contribution in [2.24, 2.45) is 0 Å². The van der Waals surface area contributed by atoms with Crippen molar-refractivity contribution in [1.29, 1.82) is 0 Å². The third-order valence-corrected chi connectivity index (χ3v) is 3.72. The van der Waals surface area contributed by atoms with Crippen LogP contribution in [0.25, 0.3) is 0 Å². The van der Waals surface area contributed by atoms with Crippen LogP contribution < -0.4 is 14.8 Å². The van der Waals surface area contributed by atoms with Gasteiger partial charge in [0, 0.05) is 5.56 Å². The Morgan fingerprint density at radius 1 is 1.04 bits per heavy atom. The van der Waals surface area contributed by atoms with Gasteiger partial charge in [-0.1, -0.05) is 19.1 Å². The molecule has 0 aliphatic heterocycles. The zero-order valence-electron chi connectivity index (χ0n) is 14.6. The summed E-state index contributed by atoms with van der Waals surface area (Å²) in [6.45, 7) is 7.51. The van der Waals surface area contributed by atoms with E-state index in [1.165, 1.54) is 5.56 Å². The van der Waals surface area contributed by atoms with Crippen molar-refractivity contribution in [2.45, 2.75) is 27.2 Å². The Bertz CT molecular complexity index is 665. The van der Waals surface area contributed by atoms with Gasteiger partial charge in [-0.2, -0.15) is 0 Å². The van der Waals surface area contributed by atoms with E-state index < -0.39 is 0 Å². The average molecular weight is 327 g/mol. The molecule has 128 valence electrons. The lowest BCUT2D eigenvalue weighted by Crippen LogP contribution is -2.28. The first kappa shape index (κ1) is 17.9. The Morgan fingerprint density at radius 2 is 1.79 bits per heavy atom. The number of hydrogen-bond donors (Lipinski definition) is 1. The highest BCUT2D eigenvalue weighted by atomic mass is 16.5. The van der Waals surface area contributed by atoms with E-state index in [-0.39, 0.29) is 5.91 Å². The monoisotopic (exact) mass is 327 g/mol. The Kier molecular flexibility index (Phi) is 6.67. The number of rotatable bonds is 8. The number of benzene rings is 2. The van der Waals surface area contributed by atoms with Gasteiger partial charge in [-0.3, -0.25) is 4.79 Å². The maximum absolute atomic E-state index is 12.2. The number of carbonyl (C=O) groups excluding carboxylic acids is 1. The summed E-state index contributed by atoms with van der Waals surface area (Å²) in [5.41, 5.74) is 2.86. The normalized spacial score (nSPS) is 10.3. The minimum absolute atomic E-state index is 0.105. The fourth-order valence-corrected chi connectivity index (χ4v) is 2.36. The fraction of sp³-hybridized carbons (Fsp3) is 0.350. The summed E-state index contributed by atoms with van der Waals surface area (Å²) in [6.07, 6.45) is 1.01. The van der Waals surface area contributed by atoms with Gasteiger partial charge in [0.15, 0.2) is 0 Å². The van der Waals surface area contributed by atoms with Crippen LogP contribution in [0, 0.1) is 6.92 Å². The first-order valence-electron chi connectivity index (χ1n) is 8.37. The first-order valence-corrected chi connectivity index (χ1v) is 8.37. The van der Waals surface area contributed by atoms with E-state index >= 15 is 0 Å². The van der Waals surface area contributed by atoms with Crippen LogP contribution in [0.3, 0.4) is 0 Å². The first-order chi connectivity index (χ1) is 11.6. The van der Waals surface area contributed by atoms with Crippen LogP contribution >= 0.6 is 0 Å². The largest absolute Gasteiger partial charge is 0.494 e. The molecule has 0 unspecified atom stereocenters. The molecule has 1 amide bonds. The zero-order chi connectivity index (χ0) is 17.4. The van der Waals surface area contributed by atoms with E-state index in [4.69, 9.17) is 9.47 Å². The minimum Gasteiger partial charge on any atom is -0.494 e. The van der Waals surface area contributed by atoms with Gasteiger partial charge in [-0.15, -0.1) is 0 Å². The molecule has 4 nitrogen and oxygen atoms in total. The van der Waals surface area contributed by atoms with Crippen molar-refractivity contribution in [2.75, 3.05) is 19.8 Å². The average Bonchev–Trinajstić information content (AvgIpc) is 2.61. The predicted molar refractivity (Wildman–Crippen MR) is 96.0 cm³/mol. The smallest absolute Gasteiger partial charge is 0.251 e. The van der Waals surface area contributed by atoms with E-state index in [1.54, 1.807) is 6.07 Å². The van der Waals surface area contributed by atoms with E-state index in [0.29, 0.717) is 25.3 Å². The molecule has 2 rings (SSSR count). The van der Waals surface area contributed by atoms with Crippen LogP contribution in [-0.4, -0.2) is 25.7 Å². The van der Waals surface area contributed by atoms with Crippen LogP contribution in [0.1, 0.15) is 35.3 Å². The van der Waals surface area contributed by atoms with Crippen LogP contribution in [0.5, 0.6) is 11.5 Å². The third kappa shape index (κ3) is 5.01. The molecule has 0 saturated heterocycles. The highest BCUT2D eigenvalue weighted by Crippen LogP contribution is 2.19. The van der Waals surface area contributed by atoms with E-state index in [1.807, 2.05) is 38.1 Å². The van der Waals surface area contributed by atoms with Crippen LogP contribution in [0.4, 0.5) is 0 Å². The quantitative estimate of drug-likeness (QED) is 0.751. The van der Waals surface area contributed by atoms with Gasteiger partial charge in [-0.05, 0) is 61.7 Å². The summed E-state index contributed by atoms with van der Waals surface area (Å²) in [4.78, 5) is 12.2. The van der Waals surface area contributed by atoms with Gasteiger partial charge >= 0.3 is 0 Å². The SMILES string of the molecule is CCOc1ccc(C(=O)NCCOc2ccc(CC)cc2)cc1C. The lowest BCUT2D eigenvalue weighted by Gasteiger charge is -2.10. The topological polar surface area (TPSA) is 47.6 Å². The van der Waals surface area contributed by atoms with Gasteiger partial charge in [0.05, 0.1) is 13.2 Å². The molecular weight excluding hydrogens is 302 g/mol. The van der Waals surface area contributed by atoms with Crippen molar-refractivity contribution in [3.8, 4) is 11.5 Å². The van der Waals surface area contributed by atoms with Crippen molar-refractivity contribution in [3.63, 3.8) is 0 Å². The van der Waals surface area contributed by atoms with Gasteiger partial charge in [0.1, 0.15) is 18.1 Å². The van der Waals surface area contributed by atoms with Crippen LogP contribution in [-0.2, 0) is 6.42 Å². The number of carbonyl (C=O) groups is 1. The molecule has 4 heteroatoms. The van der Waals surface area contributed by atoms with E-state index in [2.05, 4.69) is 24.4 Å². The summed E-state index contributed by atoms with van der Waals surface area (Å²) in [5, 5.41) is 2.87. The Labute approximate surface area is 143 Å². The Hall–Kier alpha value is -2.49. The molecule has 0 aromatic heterocycles. The summed E-state index contributed by atoms with van der Waals surface area (Å²) < 4.78 is 11.1. The number of aryl methyl sites for hydroxylation is 2. The second kappa shape index (κ2) is 8.96. The summed E-state index contributed by atoms with van der Waals surface area (Å²) in [6, 6.07) is 13.5. The minimum atomic E-state index is -0.105. The molecule has 0 fully saturated rings. The van der Waals surface area contributed by atoms with Gasteiger partial charge in [-0.25, -0.2) is 0 Å². The second-order valence-corrected chi connectivity index (χ2v) is 5.52. The predicted octanol–water partition coefficient (Wildman–Crippen LogP) is 3.76. The molecule has 0 aliphatic rings. The number of hydrogen-bond acceptors (Lipinski definition) is 3. The fourth-order valence-electron chi connectivity index (χ4n) is 2.36. The summed E-state index contributed by atoms with van der Waals surface area (Å²) in [7, 11) is 0. The molecule has 24 heavy (non-hydrogen) atoms.